The van der Waals surface area contributed by atoms with Gasteiger partial charge in [-0.3, -0.25) is 0 Å². The van der Waals surface area contributed by atoms with Crippen LogP contribution in [0.15, 0.2) is 29.2 Å². The Bertz CT molecular complexity index is 559. The summed E-state index contributed by atoms with van der Waals surface area (Å²) in [5.74, 6) is 1.70. The molecule has 4 nitrogen and oxygen atoms in total. The molecule has 5 heteroatoms. The first kappa shape index (κ1) is 17.4. The van der Waals surface area contributed by atoms with E-state index in [0.29, 0.717) is 6.04 Å². The predicted octanol–water partition coefficient (Wildman–Crippen LogP) is 2.68. The second-order valence-electron chi connectivity index (χ2n) is 6.75. The van der Waals surface area contributed by atoms with Gasteiger partial charge in [-0.1, -0.05) is 26.0 Å². The zero-order chi connectivity index (χ0) is 16.2. The van der Waals surface area contributed by atoms with Crippen LogP contribution >= 0.6 is 0 Å². The molecule has 0 spiro atoms. The molecule has 0 amide bonds. The van der Waals surface area contributed by atoms with Gasteiger partial charge in [0, 0.05) is 6.04 Å². The van der Waals surface area contributed by atoms with Crippen molar-refractivity contribution in [1.82, 2.24) is 5.32 Å². The fourth-order valence-corrected chi connectivity index (χ4v) is 3.77. The molecule has 2 rings (SSSR count). The number of nitrogens with two attached hydrogens (primary N) is 1. The van der Waals surface area contributed by atoms with Crippen LogP contribution in [0.5, 0.6) is 0 Å². The Morgan fingerprint density at radius 3 is 2.23 bits per heavy atom. The predicted molar refractivity (Wildman–Crippen MR) is 90.1 cm³/mol. The van der Waals surface area contributed by atoms with Crippen LogP contribution in [0.2, 0.25) is 0 Å². The van der Waals surface area contributed by atoms with Gasteiger partial charge >= 0.3 is 0 Å². The van der Waals surface area contributed by atoms with Crippen LogP contribution < -0.4 is 10.5 Å². The van der Waals surface area contributed by atoms with Crippen LogP contribution in [0.1, 0.15) is 45.1 Å². The van der Waals surface area contributed by atoms with Crippen molar-refractivity contribution in [2.24, 2.45) is 17.0 Å². The maximum atomic E-state index is 11.2. The maximum absolute atomic E-state index is 11.2. The van der Waals surface area contributed by atoms with Crippen LogP contribution in [0, 0.1) is 11.8 Å². The van der Waals surface area contributed by atoms with E-state index in [1.54, 1.807) is 12.1 Å². The van der Waals surface area contributed by atoms with Crippen molar-refractivity contribution in [3.63, 3.8) is 0 Å². The fraction of sp³-hybridized carbons (Fsp3) is 0.647. The highest BCUT2D eigenvalue weighted by atomic mass is 32.2. The smallest absolute Gasteiger partial charge is 0.238 e. The Morgan fingerprint density at radius 1 is 1.14 bits per heavy atom. The van der Waals surface area contributed by atoms with Crippen molar-refractivity contribution in [2.75, 3.05) is 6.54 Å². The van der Waals surface area contributed by atoms with Gasteiger partial charge in [0.05, 0.1) is 4.90 Å². The lowest BCUT2D eigenvalue weighted by Gasteiger charge is -2.31. The average Bonchev–Trinajstić information content (AvgIpc) is 2.47. The van der Waals surface area contributed by atoms with E-state index < -0.39 is 10.0 Å². The van der Waals surface area contributed by atoms with Crippen molar-refractivity contribution in [1.29, 1.82) is 0 Å². The van der Waals surface area contributed by atoms with Crippen molar-refractivity contribution < 1.29 is 8.42 Å². The van der Waals surface area contributed by atoms with E-state index in [2.05, 4.69) is 19.2 Å². The molecule has 1 aliphatic carbocycles. The molecule has 1 saturated carbocycles. The van der Waals surface area contributed by atoms with Gasteiger partial charge in [0.15, 0.2) is 0 Å². The Morgan fingerprint density at radius 2 is 1.73 bits per heavy atom. The Balaban J connectivity index is 1.73. The average molecular weight is 324 g/mol. The normalized spacial score (nSPS) is 22.9. The Hall–Kier alpha value is -0.910. The summed E-state index contributed by atoms with van der Waals surface area (Å²) in [6.07, 6.45) is 6.12. The van der Waals surface area contributed by atoms with E-state index in [1.165, 1.54) is 25.7 Å². The van der Waals surface area contributed by atoms with Gasteiger partial charge in [-0.05, 0) is 68.2 Å². The minimum atomic E-state index is -3.59. The molecule has 0 aromatic heterocycles. The lowest BCUT2D eigenvalue weighted by Crippen LogP contribution is -2.35. The van der Waals surface area contributed by atoms with E-state index in [4.69, 9.17) is 5.14 Å². The summed E-state index contributed by atoms with van der Waals surface area (Å²) in [6, 6.07) is 7.49. The van der Waals surface area contributed by atoms with Crippen LogP contribution in [0.25, 0.3) is 0 Å². The molecule has 0 radical (unpaired) electrons. The molecule has 0 atom stereocenters. The number of hydrogen-bond donors (Lipinski definition) is 2. The van der Waals surface area contributed by atoms with Gasteiger partial charge < -0.3 is 5.32 Å². The molecule has 1 aromatic carbocycles. The van der Waals surface area contributed by atoms with Crippen molar-refractivity contribution >= 4 is 10.0 Å². The number of sulfonamides is 1. The first-order valence-electron chi connectivity index (χ1n) is 8.21. The molecule has 3 N–H and O–H groups in total. The summed E-state index contributed by atoms with van der Waals surface area (Å²) in [5.41, 5.74) is 1.13. The third-order valence-corrected chi connectivity index (χ3v) is 5.74. The van der Waals surface area contributed by atoms with Crippen molar-refractivity contribution in [3.8, 4) is 0 Å². The van der Waals surface area contributed by atoms with Crippen molar-refractivity contribution in [2.45, 2.75) is 56.9 Å². The number of primary sulfonamides is 1. The van der Waals surface area contributed by atoms with E-state index in [9.17, 15) is 8.42 Å². The second kappa shape index (κ2) is 7.57. The molecule has 22 heavy (non-hydrogen) atoms. The lowest BCUT2D eigenvalue weighted by molar-refractivity contribution is 0.239. The minimum Gasteiger partial charge on any atom is -0.314 e. The molecule has 0 bridgehead atoms. The molecule has 1 fully saturated rings. The van der Waals surface area contributed by atoms with Gasteiger partial charge in [-0.2, -0.15) is 0 Å². The van der Waals surface area contributed by atoms with E-state index >= 15 is 0 Å². The number of rotatable bonds is 6. The number of nitrogens with one attached hydrogen (secondary N) is 1. The molecular weight excluding hydrogens is 296 g/mol. The summed E-state index contributed by atoms with van der Waals surface area (Å²) >= 11 is 0. The molecular formula is C17H28N2O2S. The Labute approximate surface area is 134 Å². The molecule has 0 aliphatic heterocycles. The highest BCUT2D eigenvalue weighted by molar-refractivity contribution is 7.89. The van der Waals surface area contributed by atoms with Gasteiger partial charge in [0.25, 0.3) is 0 Å². The van der Waals surface area contributed by atoms with E-state index in [0.717, 1.165) is 30.4 Å². The van der Waals surface area contributed by atoms with Crippen LogP contribution in [-0.4, -0.2) is 21.0 Å². The van der Waals surface area contributed by atoms with E-state index in [-0.39, 0.29) is 4.90 Å². The monoisotopic (exact) mass is 324 g/mol. The summed E-state index contributed by atoms with van der Waals surface area (Å²) in [5, 5.41) is 8.73. The molecule has 0 unspecified atom stereocenters. The summed E-state index contributed by atoms with van der Waals surface area (Å²) in [7, 11) is -3.59. The third-order valence-electron chi connectivity index (χ3n) is 4.81. The third kappa shape index (κ3) is 5.07. The van der Waals surface area contributed by atoms with Gasteiger partial charge in [0.2, 0.25) is 10.0 Å². The lowest BCUT2D eigenvalue weighted by atomic mass is 9.80. The topological polar surface area (TPSA) is 72.2 Å². The standard InChI is InChI=1S/C17H28N2O2S/c1-13(2)15-5-7-16(8-6-15)19-12-11-14-3-9-17(10-4-14)22(18,20)21/h3-4,9-10,13,15-16,19H,5-8,11-12H2,1-2H3,(H2,18,20,21). The summed E-state index contributed by atoms with van der Waals surface area (Å²) in [6.45, 7) is 5.58. The highest BCUT2D eigenvalue weighted by Crippen LogP contribution is 2.29. The van der Waals surface area contributed by atoms with Gasteiger partial charge in [-0.15, -0.1) is 0 Å². The first-order valence-corrected chi connectivity index (χ1v) is 9.76. The molecule has 0 saturated heterocycles. The zero-order valence-corrected chi connectivity index (χ0v) is 14.4. The molecule has 1 aromatic rings. The molecule has 124 valence electrons. The second-order valence-corrected chi connectivity index (χ2v) is 8.31. The van der Waals surface area contributed by atoms with Crippen LogP contribution in [0.3, 0.4) is 0 Å². The van der Waals surface area contributed by atoms with Gasteiger partial charge in [0.1, 0.15) is 0 Å². The SMILES string of the molecule is CC(C)C1CCC(NCCc2ccc(S(N)(=O)=O)cc2)CC1. The van der Waals surface area contributed by atoms with Gasteiger partial charge in [-0.25, -0.2) is 13.6 Å². The zero-order valence-electron chi connectivity index (χ0n) is 13.6. The number of hydrogen-bond acceptors (Lipinski definition) is 3. The quantitative estimate of drug-likeness (QED) is 0.845. The number of benzene rings is 1. The summed E-state index contributed by atoms with van der Waals surface area (Å²) < 4.78 is 22.4. The maximum Gasteiger partial charge on any atom is 0.238 e. The van der Waals surface area contributed by atoms with E-state index in [1.807, 2.05) is 12.1 Å². The minimum absolute atomic E-state index is 0.177. The fourth-order valence-electron chi connectivity index (χ4n) is 3.26. The summed E-state index contributed by atoms with van der Waals surface area (Å²) in [4.78, 5) is 0.177. The largest absolute Gasteiger partial charge is 0.314 e. The van der Waals surface area contributed by atoms with Crippen LogP contribution in [0.4, 0.5) is 0 Å². The highest BCUT2D eigenvalue weighted by Gasteiger charge is 2.22. The molecule has 0 heterocycles. The van der Waals surface area contributed by atoms with Crippen LogP contribution in [-0.2, 0) is 16.4 Å². The first-order chi connectivity index (χ1) is 10.4. The van der Waals surface area contributed by atoms with Crippen molar-refractivity contribution in [3.05, 3.63) is 29.8 Å². The molecule has 1 aliphatic rings. The Kier molecular flexibility index (Phi) is 6.01.